The molecule has 40 heavy (non-hydrogen) atoms. The standard InChI is InChI=1S/C28H40F4N6O2/c1-16(2)38-10-9-21(20(30)15-38)39-22-8-7-17(11-23(22)40-25(31)32)35-26-33-14-19(29)24(36-26)34-18-12-27(3,4)37-28(5,6)13-18/h7-8,11,14,16,18,20-21,25,37H,9-10,12-13,15H2,1-6H3,(H2,33,34,35,36). The number of anilines is 3. The largest absolute Gasteiger partial charge is 0.483 e. The van der Waals surface area contributed by atoms with Gasteiger partial charge in [-0.2, -0.15) is 13.8 Å². The molecule has 2 aliphatic rings. The Morgan fingerprint density at radius 1 is 1.10 bits per heavy atom. The molecule has 8 nitrogen and oxygen atoms in total. The molecule has 222 valence electrons. The van der Waals surface area contributed by atoms with E-state index in [1.165, 1.54) is 12.1 Å². The van der Waals surface area contributed by atoms with Crippen molar-refractivity contribution in [2.24, 2.45) is 0 Å². The third kappa shape index (κ3) is 7.87. The first-order valence-corrected chi connectivity index (χ1v) is 13.7. The van der Waals surface area contributed by atoms with Crippen LogP contribution in [-0.2, 0) is 0 Å². The fourth-order valence-corrected chi connectivity index (χ4v) is 5.82. The Bertz CT molecular complexity index is 1150. The summed E-state index contributed by atoms with van der Waals surface area (Å²) in [6.45, 7) is 10.1. The minimum absolute atomic E-state index is 0.00927. The number of benzene rings is 1. The maximum Gasteiger partial charge on any atom is 0.387 e. The van der Waals surface area contributed by atoms with Crippen LogP contribution in [-0.4, -0.2) is 70.0 Å². The van der Waals surface area contributed by atoms with Crippen molar-refractivity contribution >= 4 is 17.5 Å². The van der Waals surface area contributed by atoms with E-state index >= 15 is 0 Å². The summed E-state index contributed by atoms with van der Waals surface area (Å²) in [5, 5.41) is 9.70. The molecule has 0 radical (unpaired) electrons. The van der Waals surface area contributed by atoms with Gasteiger partial charge in [-0.05, 0) is 72.9 Å². The van der Waals surface area contributed by atoms with Gasteiger partial charge in [0.1, 0.15) is 12.3 Å². The van der Waals surface area contributed by atoms with Gasteiger partial charge in [-0.25, -0.2) is 13.8 Å². The molecule has 0 bridgehead atoms. The molecule has 2 aliphatic heterocycles. The lowest BCUT2D eigenvalue weighted by Gasteiger charge is -2.46. The molecule has 2 unspecified atom stereocenters. The Morgan fingerprint density at radius 2 is 1.80 bits per heavy atom. The van der Waals surface area contributed by atoms with Crippen molar-refractivity contribution in [2.45, 2.75) is 103 Å². The molecule has 2 atom stereocenters. The predicted molar refractivity (Wildman–Crippen MR) is 147 cm³/mol. The van der Waals surface area contributed by atoms with E-state index < -0.39 is 24.7 Å². The number of nitrogens with zero attached hydrogens (tertiary/aromatic N) is 3. The number of nitrogens with one attached hydrogen (secondary N) is 3. The molecule has 12 heteroatoms. The van der Waals surface area contributed by atoms with Gasteiger partial charge in [-0.15, -0.1) is 0 Å². The highest BCUT2D eigenvalue weighted by molar-refractivity contribution is 5.60. The molecular formula is C28H40F4N6O2. The van der Waals surface area contributed by atoms with Crippen LogP contribution < -0.4 is 25.4 Å². The van der Waals surface area contributed by atoms with Gasteiger partial charge in [0.2, 0.25) is 5.95 Å². The normalized spacial score (nSPS) is 23.3. The molecule has 0 aliphatic carbocycles. The van der Waals surface area contributed by atoms with E-state index in [0.29, 0.717) is 18.7 Å². The SMILES string of the molecule is CC(C)N1CCC(Oc2ccc(Nc3ncc(F)c(NC4CC(C)(C)NC(C)(C)C4)n3)cc2OC(F)F)C(F)C1. The third-order valence-corrected chi connectivity index (χ3v) is 7.21. The second kappa shape index (κ2) is 11.9. The van der Waals surface area contributed by atoms with Crippen molar-refractivity contribution in [1.29, 1.82) is 0 Å². The van der Waals surface area contributed by atoms with Crippen molar-refractivity contribution in [3.05, 3.63) is 30.2 Å². The summed E-state index contributed by atoms with van der Waals surface area (Å²) in [7, 11) is 0. The first-order valence-electron chi connectivity index (χ1n) is 13.7. The van der Waals surface area contributed by atoms with E-state index in [9.17, 15) is 17.6 Å². The zero-order valence-corrected chi connectivity index (χ0v) is 23.9. The fourth-order valence-electron chi connectivity index (χ4n) is 5.82. The van der Waals surface area contributed by atoms with Gasteiger partial charge in [0.05, 0.1) is 6.20 Å². The van der Waals surface area contributed by atoms with Crippen LogP contribution in [0.4, 0.5) is 35.0 Å². The van der Waals surface area contributed by atoms with Crippen LogP contribution in [0.1, 0.15) is 60.8 Å². The highest BCUT2D eigenvalue weighted by Crippen LogP contribution is 2.35. The molecule has 3 N–H and O–H groups in total. The molecule has 2 saturated heterocycles. The number of hydrogen-bond donors (Lipinski definition) is 3. The van der Waals surface area contributed by atoms with Crippen molar-refractivity contribution in [3.8, 4) is 11.5 Å². The van der Waals surface area contributed by atoms with Crippen molar-refractivity contribution in [3.63, 3.8) is 0 Å². The van der Waals surface area contributed by atoms with Gasteiger partial charge in [0, 0.05) is 48.0 Å². The number of halogens is 4. The lowest BCUT2D eigenvalue weighted by molar-refractivity contribution is -0.0540. The van der Waals surface area contributed by atoms with Crippen LogP contribution in [0.25, 0.3) is 0 Å². The topological polar surface area (TPSA) is 83.6 Å². The molecule has 1 aromatic heterocycles. The van der Waals surface area contributed by atoms with Crippen LogP contribution >= 0.6 is 0 Å². The van der Waals surface area contributed by atoms with Crippen LogP contribution in [0, 0.1) is 5.82 Å². The molecular weight excluding hydrogens is 528 g/mol. The summed E-state index contributed by atoms with van der Waals surface area (Å²) >= 11 is 0. The third-order valence-electron chi connectivity index (χ3n) is 7.21. The molecule has 2 aromatic rings. The number of aromatic nitrogens is 2. The highest BCUT2D eigenvalue weighted by atomic mass is 19.3. The number of hydrogen-bond acceptors (Lipinski definition) is 8. The highest BCUT2D eigenvalue weighted by Gasteiger charge is 2.38. The fraction of sp³-hybridized carbons (Fsp3) is 0.643. The van der Waals surface area contributed by atoms with E-state index in [-0.39, 0.29) is 53.0 Å². The molecule has 0 saturated carbocycles. The van der Waals surface area contributed by atoms with Crippen molar-refractivity contribution in [2.75, 3.05) is 23.7 Å². The average Bonchev–Trinajstić information content (AvgIpc) is 2.81. The van der Waals surface area contributed by atoms with E-state index in [1.807, 2.05) is 18.7 Å². The second-order valence-electron chi connectivity index (χ2n) is 12.2. The Balaban J connectivity index is 1.49. The van der Waals surface area contributed by atoms with Gasteiger partial charge in [-0.1, -0.05) is 0 Å². The Labute approximate surface area is 233 Å². The molecule has 1 aromatic carbocycles. The average molecular weight is 569 g/mol. The number of ether oxygens (including phenoxy) is 2. The molecule has 3 heterocycles. The monoisotopic (exact) mass is 568 g/mol. The first kappa shape index (κ1) is 30.1. The summed E-state index contributed by atoms with van der Waals surface area (Å²) < 4.78 is 66.4. The molecule has 0 amide bonds. The summed E-state index contributed by atoms with van der Waals surface area (Å²) in [6.07, 6.45) is 0.922. The zero-order chi connectivity index (χ0) is 29.2. The zero-order valence-electron chi connectivity index (χ0n) is 23.9. The van der Waals surface area contributed by atoms with Crippen LogP contribution in [0.3, 0.4) is 0 Å². The second-order valence-corrected chi connectivity index (χ2v) is 12.2. The van der Waals surface area contributed by atoms with Crippen LogP contribution in [0.15, 0.2) is 24.4 Å². The molecule has 4 rings (SSSR count). The van der Waals surface area contributed by atoms with Crippen molar-refractivity contribution in [1.82, 2.24) is 20.2 Å². The van der Waals surface area contributed by atoms with Crippen LogP contribution in [0.2, 0.25) is 0 Å². The molecule has 0 spiro atoms. The Kier molecular flexibility index (Phi) is 8.99. The number of alkyl halides is 3. The Hall–Kier alpha value is -2.86. The van der Waals surface area contributed by atoms with Crippen LogP contribution in [0.5, 0.6) is 11.5 Å². The summed E-state index contributed by atoms with van der Waals surface area (Å²) in [6, 6.07) is 4.46. The van der Waals surface area contributed by atoms with E-state index in [2.05, 4.69) is 53.6 Å². The number of piperidine rings is 2. The smallest absolute Gasteiger partial charge is 0.387 e. The van der Waals surface area contributed by atoms with E-state index in [1.54, 1.807) is 6.07 Å². The predicted octanol–water partition coefficient (Wildman–Crippen LogP) is 5.88. The minimum Gasteiger partial charge on any atom is -0.483 e. The summed E-state index contributed by atoms with van der Waals surface area (Å²) in [5.74, 6) is -0.734. The van der Waals surface area contributed by atoms with Gasteiger partial charge in [0.25, 0.3) is 0 Å². The van der Waals surface area contributed by atoms with Gasteiger partial charge < -0.3 is 25.4 Å². The maximum atomic E-state index is 14.8. The quantitative estimate of drug-likeness (QED) is 0.324. The number of likely N-dealkylation sites (tertiary alicyclic amines) is 1. The van der Waals surface area contributed by atoms with Gasteiger partial charge in [0.15, 0.2) is 23.1 Å². The molecule has 2 fully saturated rings. The lowest BCUT2D eigenvalue weighted by Crippen LogP contribution is -2.60. The van der Waals surface area contributed by atoms with E-state index in [0.717, 1.165) is 19.0 Å². The summed E-state index contributed by atoms with van der Waals surface area (Å²) in [5.41, 5.74) is 0.0153. The lowest BCUT2D eigenvalue weighted by atomic mass is 9.79. The Morgan fingerprint density at radius 3 is 2.42 bits per heavy atom. The first-order chi connectivity index (χ1) is 18.7. The minimum atomic E-state index is -3.11. The van der Waals surface area contributed by atoms with Gasteiger partial charge in [-0.3, -0.25) is 4.90 Å². The maximum absolute atomic E-state index is 14.8. The van der Waals surface area contributed by atoms with E-state index in [4.69, 9.17) is 9.47 Å². The summed E-state index contributed by atoms with van der Waals surface area (Å²) in [4.78, 5) is 10.3. The number of rotatable bonds is 9. The van der Waals surface area contributed by atoms with Crippen molar-refractivity contribution < 1.29 is 27.0 Å². The van der Waals surface area contributed by atoms with Gasteiger partial charge >= 0.3 is 6.61 Å².